The first kappa shape index (κ1) is 22.2. The molecule has 3 aromatic rings. The predicted molar refractivity (Wildman–Crippen MR) is 134 cm³/mol. The Bertz CT molecular complexity index is 1140. The molecule has 0 aliphatic carbocycles. The van der Waals surface area contributed by atoms with E-state index in [0.717, 1.165) is 16.3 Å². The van der Waals surface area contributed by atoms with Crippen molar-refractivity contribution in [3.05, 3.63) is 88.9 Å². The molecule has 2 heterocycles. The fourth-order valence-electron chi connectivity index (χ4n) is 4.58. The molecule has 1 unspecified atom stereocenters. The average Bonchev–Trinajstić information content (AvgIpc) is 3.31. The Balaban J connectivity index is 1.60. The number of benzene rings is 3. The summed E-state index contributed by atoms with van der Waals surface area (Å²) in [6, 6.07) is 23.6. The summed E-state index contributed by atoms with van der Waals surface area (Å²) in [5, 5.41) is 0.653. The van der Waals surface area contributed by atoms with Crippen LogP contribution in [0.1, 0.15) is 6.42 Å². The number of imide groups is 1. The number of rotatable bonds is 4. The van der Waals surface area contributed by atoms with Gasteiger partial charge in [-0.3, -0.25) is 9.59 Å². The molecule has 3 aromatic carbocycles. The lowest BCUT2D eigenvalue weighted by Crippen LogP contribution is -2.39. The van der Waals surface area contributed by atoms with Gasteiger partial charge in [-0.2, -0.15) is 0 Å². The number of hydrogen-bond acceptors (Lipinski definition) is 5. The van der Waals surface area contributed by atoms with Crippen molar-refractivity contribution in [2.45, 2.75) is 12.1 Å². The van der Waals surface area contributed by atoms with Gasteiger partial charge in [0.1, 0.15) is 5.66 Å². The SMILES string of the molecule is O=C1CC([P]2(O)N(c3ccccc3)CCN2c2ccccc2)C(=O)N1c1cc(Cl)cc(Cl)c1. The summed E-state index contributed by atoms with van der Waals surface area (Å²) in [7, 11) is -3.32. The van der Waals surface area contributed by atoms with Crippen molar-refractivity contribution in [3.8, 4) is 0 Å². The molecule has 1 radical (unpaired) electrons. The molecule has 0 spiro atoms. The summed E-state index contributed by atoms with van der Waals surface area (Å²) in [5.74, 6) is -0.831. The molecule has 2 fully saturated rings. The molecule has 5 rings (SSSR count). The smallest absolute Gasteiger partial charge is 0.247 e. The second-order valence-corrected chi connectivity index (χ2v) is 11.6. The lowest BCUT2D eigenvalue weighted by molar-refractivity contribution is -0.121. The van der Waals surface area contributed by atoms with E-state index >= 15 is 0 Å². The fourth-order valence-corrected chi connectivity index (χ4v) is 8.55. The van der Waals surface area contributed by atoms with Gasteiger partial charge in [0.15, 0.2) is 7.79 Å². The third kappa shape index (κ3) is 3.77. The Morgan fingerprint density at radius 1 is 0.758 bits per heavy atom. The van der Waals surface area contributed by atoms with Crippen LogP contribution < -0.4 is 14.2 Å². The van der Waals surface area contributed by atoms with Crippen LogP contribution in [-0.2, 0) is 9.59 Å². The molecule has 2 amide bonds. The van der Waals surface area contributed by atoms with Crippen LogP contribution in [0.5, 0.6) is 0 Å². The second-order valence-electron chi connectivity index (χ2n) is 7.95. The zero-order valence-electron chi connectivity index (χ0n) is 17.5. The molecule has 2 aliphatic rings. The van der Waals surface area contributed by atoms with Crippen molar-refractivity contribution in [1.29, 1.82) is 0 Å². The van der Waals surface area contributed by atoms with Crippen LogP contribution in [0.3, 0.4) is 0 Å². The van der Waals surface area contributed by atoms with Crippen molar-refractivity contribution >= 4 is 59.9 Å². The summed E-state index contributed by atoms with van der Waals surface area (Å²) < 4.78 is 3.81. The van der Waals surface area contributed by atoms with Gasteiger partial charge < -0.3 is 14.2 Å². The number of carbonyl (C=O) groups is 2. The molecule has 0 aromatic heterocycles. The number of nitrogens with zero attached hydrogens (tertiary/aromatic N) is 3. The van der Waals surface area contributed by atoms with Gasteiger partial charge in [0.25, 0.3) is 0 Å². The van der Waals surface area contributed by atoms with Gasteiger partial charge in [0.05, 0.1) is 5.69 Å². The third-order valence-corrected chi connectivity index (χ3v) is 9.95. The van der Waals surface area contributed by atoms with Gasteiger partial charge in [0.2, 0.25) is 11.8 Å². The topological polar surface area (TPSA) is 64.1 Å². The van der Waals surface area contributed by atoms with Crippen molar-refractivity contribution < 1.29 is 14.5 Å². The van der Waals surface area contributed by atoms with Crippen LogP contribution >= 0.6 is 31.0 Å². The van der Waals surface area contributed by atoms with Crippen molar-refractivity contribution in [1.82, 2.24) is 0 Å². The Hall–Kier alpha value is -2.63. The summed E-state index contributed by atoms with van der Waals surface area (Å²) >= 11 is 12.3. The molecule has 1 atom stereocenters. The molecule has 0 bridgehead atoms. The lowest BCUT2D eigenvalue weighted by Gasteiger charge is -2.45. The van der Waals surface area contributed by atoms with Crippen molar-refractivity contribution in [2.24, 2.45) is 0 Å². The Labute approximate surface area is 202 Å². The van der Waals surface area contributed by atoms with E-state index in [-0.39, 0.29) is 12.3 Å². The summed E-state index contributed by atoms with van der Waals surface area (Å²) in [4.78, 5) is 40.3. The highest BCUT2D eigenvalue weighted by Gasteiger charge is 2.58. The van der Waals surface area contributed by atoms with E-state index in [4.69, 9.17) is 23.2 Å². The first-order valence-electron chi connectivity index (χ1n) is 10.5. The first-order chi connectivity index (χ1) is 15.9. The number of halogens is 2. The molecule has 33 heavy (non-hydrogen) atoms. The van der Waals surface area contributed by atoms with E-state index in [1.165, 1.54) is 12.1 Å². The number of para-hydroxylation sites is 2. The van der Waals surface area contributed by atoms with Crippen LogP contribution in [0.15, 0.2) is 78.9 Å². The van der Waals surface area contributed by atoms with Gasteiger partial charge in [0, 0.05) is 40.9 Å². The van der Waals surface area contributed by atoms with Gasteiger partial charge in [-0.1, -0.05) is 59.6 Å². The number of anilines is 3. The summed E-state index contributed by atoms with van der Waals surface area (Å²) in [6.07, 6.45) is -0.0973. The first-order valence-corrected chi connectivity index (χ1v) is 13.0. The maximum Gasteiger partial charge on any atom is 0.247 e. The van der Waals surface area contributed by atoms with E-state index in [0.29, 0.717) is 28.8 Å². The molecular formula is C24H21Cl2N3O3P. The normalized spacial score (nSPS) is 20.1. The van der Waals surface area contributed by atoms with E-state index in [1.807, 2.05) is 70.0 Å². The number of hydrogen-bond donors (Lipinski definition) is 1. The van der Waals surface area contributed by atoms with Gasteiger partial charge in [-0.15, -0.1) is 0 Å². The van der Waals surface area contributed by atoms with Gasteiger partial charge in [-0.05, 0) is 42.5 Å². The predicted octanol–water partition coefficient (Wildman–Crippen LogP) is 5.41. The van der Waals surface area contributed by atoms with Crippen LogP contribution in [0.2, 0.25) is 10.0 Å². The highest BCUT2D eigenvalue weighted by atomic mass is 35.5. The van der Waals surface area contributed by atoms with Crippen LogP contribution in [0.4, 0.5) is 17.1 Å². The van der Waals surface area contributed by atoms with Crippen LogP contribution in [0.25, 0.3) is 0 Å². The highest BCUT2D eigenvalue weighted by molar-refractivity contribution is 7.75. The molecule has 169 valence electrons. The second kappa shape index (κ2) is 8.62. The Kier molecular flexibility index (Phi) is 5.79. The zero-order valence-corrected chi connectivity index (χ0v) is 19.9. The van der Waals surface area contributed by atoms with Crippen molar-refractivity contribution in [2.75, 3.05) is 27.3 Å². The molecule has 2 aliphatic heterocycles. The van der Waals surface area contributed by atoms with E-state index in [9.17, 15) is 14.5 Å². The minimum absolute atomic E-state index is 0.0973. The Morgan fingerprint density at radius 3 is 1.73 bits per heavy atom. The fraction of sp³-hybridized carbons (Fsp3) is 0.167. The number of amides is 2. The van der Waals surface area contributed by atoms with Gasteiger partial charge in [-0.25, -0.2) is 4.90 Å². The quantitative estimate of drug-likeness (QED) is 0.383. The Morgan fingerprint density at radius 2 is 1.24 bits per heavy atom. The maximum atomic E-state index is 13.7. The zero-order chi connectivity index (χ0) is 23.2. The van der Waals surface area contributed by atoms with Crippen molar-refractivity contribution in [3.63, 3.8) is 0 Å². The maximum absolute atomic E-state index is 13.7. The molecule has 1 N–H and O–H groups in total. The molecule has 0 saturated carbocycles. The van der Waals surface area contributed by atoms with E-state index in [2.05, 4.69) is 0 Å². The lowest BCUT2D eigenvalue weighted by atomic mass is 10.3. The average molecular weight is 501 g/mol. The monoisotopic (exact) mass is 500 g/mol. The summed E-state index contributed by atoms with van der Waals surface area (Å²) in [6.45, 7) is 1.06. The minimum Gasteiger partial charge on any atom is -0.345 e. The van der Waals surface area contributed by atoms with Crippen LogP contribution in [-0.4, -0.2) is 35.5 Å². The van der Waals surface area contributed by atoms with Gasteiger partial charge >= 0.3 is 0 Å². The standard InChI is InChI=1S/C24H21Cl2N3O3P/c25-17-13-18(26)15-21(14-17)29-23(30)16-22(24(29)31)33(32)27(19-7-3-1-4-8-19)11-12-28(33)20-9-5-2-6-10-20/h1-10,13-15,22,32H,11-12,16H2. The van der Waals surface area contributed by atoms with Crippen LogP contribution in [0, 0.1) is 0 Å². The number of carbonyl (C=O) groups excluding carboxylic acids is 2. The molecule has 6 nitrogen and oxygen atoms in total. The molecule has 2 saturated heterocycles. The highest BCUT2D eigenvalue weighted by Crippen LogP contribution is 2.71. The molecule has 9 heteroatoms. The minimum atomic E-state index is -3.32. The molecular weight excluding hydrogens is 480 g/mol. The third-order valence-electron chi connectivity index (χ3n) is 5.99. The van der Waals surface area contributed by atoms with E-state index in [1.54, 1.807) is 6.07 Å². The summed E-state index contributed by atoms with van der Waals surface area (Å²) in [5.41, 5.74) is 1.03. The largest absolute Gasteiger partial charge is 0.345 e. The van der Waals surface area contributed by atoms with E-state index < -0.39 is 19.4 Å².